The molecule has 1 aromatic rings. The predicted octanol–water partition coefficient (Wildman–Crippen LogP) is 4.07. The van der Waals surface area contributed by atoms with E-state index in [2.05, 4.69) is 23.7 Å². The van der Waals surface area contributed by atoms with Crippen molar-refractivity contribution in [3.05, 3.63) is 10.6 Å². The second kappa shape index (κ2) is 7.04. The van der Waals surface area contributed by atoms with Crippen LogP contribution in [0.15, 0.2) is 0 Å². The van der Waals surface area contributed by atoms with Crippen LogP contribution in [0.25, 0.3) is 0 Å². The first kappa shape index (κ1) is 14.5. The van der Waals surface area contributed by atoms with Crippen LogP contribution in [0.5, 0.6) is 0 Å². The summed E-state index contributed by atoms with van der Waals surface area (Å²) in [5.41, 5.74) is 0.768. The monoisotopic (exact) mass is 280 g/mol. The summed E-state index contributed by atoms with van der Waals surface area (Å²) in [5.74, 6) is 0.245. The van der Waals surface area contributed by atoms with Crippen molar-refractivity contribution in [3.8, 4) is 0 Å². The molecule has 1 aromatic heterocycles. The van der Waals surface area contributed by atoms with Gasteiger partial charge < -0.3 is 4.90 Å². The molecule has 0 saturated carbocycles. The van der Waals surface area contributed by atoms with Gasteiger partial charge in [-0.1, -0.05) is 26.7 Å². The van der Waals surface area contributed by atoms with Crippen molar-refractivity contribution in [2.75, 3.05) is 18.0 Å². The molecule has 0 amide bonds. The smallest absolute Gasteiger partial charge is 0.186 e. The van der Waals surface area contributed by atoms with Crippen LogP contribution in [-0.4, -0.2) is 23.9 Å². The first-order valence-corrected chi connectivity index (χ1v) is 8.35. The highest BCUT2D eigenvalue weighted by Crippen LogP contribution is 2.32. The maximum absolute atomic E-state index is 11.9. The molecule has 1 heterocycles. The van der Waals surface area contributed by atoms with E-state index in [0.717, 1.165) is 36.8 Å². The summed E-state index contributed by atoms with van der Waals surface area (Å²) < 4.78 is 0. The highest BCUT2D eigenvalue weighted by atomic mass is 32.1. The van der Waals surface area contributed by atoms with Gasteiger partial charge in [0.05, 0.1) is 0 Å². The Morgan fingerprint density at radius 1 is 1.16 bits per heavy atom. The van der Waals surface area contributed by atoms with Crippen molar-refractivity contribution >= 4 is 22.3 Å². The van der Waals surface area contributed by atoms with Gasteiger partial charge in [-0.15, -0.1) is 11.3 Å². The Balaban J connectivity index is 2.13. The molecule has 19 heavy (non-hydrogen) atoms. The molecule has 1 aliphatic rings. The Kier molecular flexibility index (Phi) is 5.37. The lowest BCUT2D eigenvalue weighted by atomic mass is 10.0. The zero-order valence-electron chi connectivity index (χ0n) is 12.1. The number of ketones is 1. The van der Waals surface area contributed by atoms with E-state index in [9.17, 15) is 4.79 Å². The molecule has 0 aliphatic heterocycles. The van der Waals surface area contributed by atoms with Crippen molar-refractivity contribution in [1.29, 1.82) is 0 Å². The molecule has 0 spiro atoms. The summed E-state index contributed by atoms with van der Waals surface area (Å²) in [5, 5.41) is 1.07. The van der Waals surface area contributed by atoms with Crippen molar-refractivity contribution in [2.45, 2.75) is 58.8 Å². The van der Waals surface area contributed by atoms with Crippen LogP contribution in [-0.2, 0) is 6.42 Å². The van der Waals surface area contributed by atoms with Gasteiger partial charge in [-0.2, -0.15) is 0 Å². The lowest BCUT2D eigenvalue weighted by Crippen LogP contribution is -2.25. The Morgan fingerprint density at radius 3 is 2.42 bits per heavy atom. The number of anilines is 1. The number of hydrogen-bond donors (Lipinski definition) is 0. The Bertz CT molecular complexity index is 420. The summed E-state index contributed by atoms with van der Waals surface area (Å²) in [6, 6.07) is 0. The predicted molar refractivity (Wildman–Crippen MR) is 81.4 cm³/mol. The fourth-order valence-corrected chi connectivity index (χ4v) is 3.56. The van der Waals surface area contributed by atoms with E-state index >= 15 is 0 Å². The highest BCUT2D eigenvalue weighted by Gasteiger charge is 2.23. The van der Waals surface area contributed by atoms with Gasteiger partial charge in [0.2, 0.25) is 0 Å². The van der Waals surface area contributed by atoms with Crippen LogP contribution < -0.4 is 4.90 Å². The second-order valence-electron chi connectivity index (χ2n) is 5.24. The van der Waals surface area contributed by atoms with E-state index in [0.29, 0.717) is 6.42 Å². The number of unbranched alkanes of at least 4 members (excludes halogenated alkanes) is 2. The summed E-state index contributed by atoms with van der Waals surface area (Å²) in [7, 11) is 0. The third-order valence-corrected chi connectivity index (χ3v) is 4.77. The number of Topliss-reactive ketones (excluding diaryl/α,β-unsaturated/α-hetero) is 1. The summed E-state index contributed by atoms with van der Waals surface area (Å²) in [4.78, 5) is 20.1. The van der Waals surface area contributed by atoms with Crippen LogP contribution in [0.3, 0.4) is 0 Å². The average Bonchev–Trinajstić information content (AvgIpc) is 2.84. The Labute approximate surface area is 120 Å². The third-order valence-electron chi connectivity index (χ3n) is 3.59. The Morgan fingerprint density at radius 2 is 1.84 bits per heavy atom. The van der Waals surface area contributed by atoms with Crippen LogP contribution >= 0.6 is 11.3 Å². The molecule has 3 nitrogen and oxygen atoms in total. The minimum atomic E-state index is 0.245. The number of thiazole rings is 1. The number of carbonyl (C=O) groups is 1. The quantitative estimate of drug-likeness (QED) is 0.755. The fraction of sp³-hybridized carbons (Fsp3) is 0.733. The van der Waals surface area contributed by atoms with Crippen LogP contribution in [0.4, 0.5) is 5.13 Å². The fourth-order valence-electron chi connectivity index (χ4n) is 2.39. The van der Waals surface area contributed by atoms with Crippen LogP contribution in [0.1, 0.15) is 67.7 Å². The lowest BCUT2D eigenvalue weighted by Gasteiger charge is -2.21. The standard InChI is InChI=1S/C15H24N2OS/c1-3-5-10-17(11-6-4-2)15-16-14-12(18)8-7-9-13(14)19-15/h3-11H2,1-2H3. The minimum Gasteiger partial charge on any atom is -0.348 e. The van der Waals surface area contributed by atoms with Crippen molar-refractivity contribution < 1.29 is 4.79 Å². The van der Waals surface area contributed by atoms with Crippen molar-refractivity contribution in [1.82, 2.24) is 4.98 Å². The molecule has 2 rings (SSSR count). The maximum Gasteiger partial charge on any atom is 0.186 e. The number of aryl methyl sites for hydroxylation is 1. The number of rotatable bonds is 7. The molecule has 0 saturated heterocycles. The van der Waals surface area contributed by atoms with E-state index in [1.54, 1.807) is 11.3 Å². The summed E-state index contributed by atoms with van der Waals surface area (Å²) >= 11 is 1.74. The number of nitrogens with zero attached hydrogens (tertiary/aromatic N) is 2. The van der Waals surface area contributed by atoms with E-state index in [-0.39, 0.29) is 5.78 Å². The maximum atomic E-state index is 11.9. The molecule has 0 radical (unpaired) electrons. The first-order chi connectivity index (χ1) is 9.26. The average molecular weight is 280 g/mol. The number of carbonyl (C=O) groups excluding carboxylic acids is 1. The largest absolute Gasteiger partial charge is 0.348 e. The van der Waals surface area contributed by atoms with E-state index in [4.69, 9.17) is 0 Å². The molecule has 1 aliphatic carbocycles. The summed E-state index contributed by atoms with van der Waals surface area (Å²) in [6.45, 7) is 6.57. The molecule has 0 atom stereocenters. The van der Waals surface area contributed by atoms with E-state index < -0.39 is 0 Å². The molecule has 0 aromatic carbocycles. The second-order valence-corrected chi connectivity index (χ2v) is 6.30. The molecule has 0 unspecified atom stereocenters. The topological polar surface area (TPSA) is 33.2 Å². The first-order valence-electron chi connectivity index (χ1n) is 7.54. The van der Waals surface area contributed by atoms with Gasteiger partial charge in [0, 0.05) is 24.4 Å². The third kappa shape index (κ3) is 3.56. The zero-order valence-corrected chi connectivity index (χ0v) is 12.9. The number of hydrogen-bond acceptors (Lipinski definition) is 4. The van der Waals surface area contributed by atoms with Gasteiger partial charge in [0.25, 0.3) is 0 Å². The molecular formula is C15H24N2OS. The van der Waals surface area contributed by atoms with E-state index in [1.165, 1.54) is 30.6 Å². The molecule has 0 bridgehead atoms. The van der Waals surface area contributed by atoms with Gasteiger partial charge in [0.1, 0.15) is 5.69 Å². The minimum absolute atomic E-state index is 0.245. The van der Waals surface area contributed by atoms with Crippen LogP contribution in [0, 0.1) is 0 Å². The highest BCUT2D eigenvalue weighted by molar-refractivity contribution is 7.16. The molecular weight excluding hydrogens is 256 g/mol. The molecule has 4 heteroatoms. The van der Waals surface area contributed by atoms with Crippen LogP contribution in [0.2, 0.25) is 0 Å². The van der Waals surface area contributed by atoms with E-state index in [1.807, 2.05) is 0 Å². The SMILES string of the molecule is CCCCN(CCCC)c1nc2c(s1)CCCC2=O. The van der Waals surface area contributed by atoms with Gasteiger partial charge in [-0.3, -0.25) is 4.79 Å². The van der Waals surface area contributed by atoms with Crippen molar-refractivity contribution in [2.24, 2.45) is 0 Å². The van der Waals surface area contributed by atoms with Gasteiger partial charge in [0.15, 0.2) is 10.9 Å². The number of fused-ring (bicyclic) bond motifs is 1. The van der Waals surface area contributed by atoms with Crippen molar-refractivity contribution in [3.63, 3.8) is 0 Å². The number of aromatic nitrogens is 1. The molecule has 106 valence electrons. The van der Waals surface area contributed by atoms with Gasteiger partial charge >= 0.3 is 0 Å². The molecule has 0 N–H and O–H groups in total. The lowest BCUT2D eigenvalue weighted by molar-refractivity contribution is 0.0968. The van der Waals surface area contributed by atoms with Gasteiger partial charge in [-0.25, -0.2) is 4.98 Å². The normalized spacial score (nSPS) is 14.5. The summed E-state index contributed by atoms with van der Waals surface area (Å²) in [6.07, 6.45) is 7.51. The zero-order chi connectivity index (χ0) is 13.7. The molecule has 0 fully saturated rings. The van der Waals surface area contributed by atoms with Gasteiger partial charge in [-0.05, 0) is 25.7 Å². The Hall–Kier alpha value is -0.900.